The second-order valence-corrected chi connectivity index (χ2v) is 37.3. The Hall–Kier alpha value is -7.75. The lowest BCUT2D eigenvalue weighted by Crippen LogP contribution is -2.40. The molecule has 14 rings (SSSR count). The second kappa shape index (κ2) is 18.9. The molecule has 12 heteroatoms. The van der Waals surface area contributed by atoms with Crippen LogP contribution in [0.5, 0.6) is 0 Å². The molecule has 0 saturated heterocycles. The van der Waals surface area contributed by atoms with E-state index in [0.717, 1.165) is 87.7 Å². The van der Waals surface area contributed by atoms with E-state index in [4.69, 9.17) is 0 Å². The van der Waals surface area contributed by atoms with Gasteiger partial charge in [-0.25, -0.2) is 0 Å². The van der Waals surface area contributed by atoms with Gasteiger partial charge in [0.25, 0.3) is 0 Å². The van der Waals surface area contributed by atoms with Crippen molar-refractivity contribution in [2.24, 2.45) is 0 Å². The van der Waals surface area contributed by atoms with E-state index >= 15 is 0 Å². The fourth-order valence-corrected chi connectivity index (χ4v) is 18.7. The van der Waals surface area contributed by atoms with Crippen molar-refractivity contribution in [2.75, 3.05) is 9.80 Å². The third kappa shape index (κ3) is 8.21. The lowest BCUT2D eigenvalue weighted by Gasteiger charge is -2.47. The first-order chi connectivity index (χ1) is 40.0. The van der Waals surface area contributed by atoms with Crippen molar-refractivity contribution in [2.45, 2.75) is 76.3 Å². The van der Waals surface area contributed by atoms with Gasteiger partial charge in [-0.05, 0) is 117 Å². The SMILES string of the molecule is CC1(C)c2ccccc2C2(c3cc(N(c4ccc([Si](C)(C)C)cc4)c4cccc5c4sc4c(C(F)(F)F)cccc45)ccc3-c3ccc(N(c4ccc([Si](C)(C)C)cc4)c4cccc5c4sc4c(C(F)(F)F)cccc45)cc32)c2ccccc21. The number of hydrogen-bond acceptors (Lipinski definition) is 4. The summed E-state index contributed by atoms with van der Waals surface area (Å²) in [5.74, 6) is 0. The van der Waals surface area contributed by atoms with E-state index in [0.29, 0.717) is 10.8 Å². The molecule has 2 aromatic heterocycles. The number of halogens is 6. The third-order valence-electron chi connectivity index (χ3n) is 17.7. The first-order valence-electron chi connectivity index (χ1n) is 28.3. The van der Waals surface area contributed by atoms with Crippen molar-refractivity contribution in [1.29, 1.82) is 0 Å². The van der Waals surface area contributed by atoms with Gasteiger partial charge in [0.15, 0.2) is 0 Å². The second-order valence-electron chi connectivity index (χ2n) is 25.1. The van der Waals surface area contributed by atoms with E-state index in [1.165, 1.54) is 68.4 Å². The van der Waals surface area contributed by atoms with E-state index < -0.39 is 50.5 Å². The highest BCUT2D eigenvalue weighted by molar-refractivity contribution is 7.27. The highest BCUT2D eigenvalue weighted by atomic mass is 32.1. The molecule has 12 aromatic rings. The molecule has 0 atom stereocenters. The first kappa shape index (κ1) is 54.2. The lowest BCUT2D eigenvalue weighted by atomic mass is 9.55. The van der Waals surface area contributed by atoms with Crippen LogP contribution in [0.4, 0.5) is 60.5 Å². The molecule has 2 nitrogen and oxygen atoms in total. The zero-order valence-electron chi connectivity index (χ0n) is 47.6. The molecule has 0 unspecified atom stereocenters. The van der Waals surface area contributed by atoms with Crippen LogP contribution in [0.15, 0.2) is 206 Å². The fraction of sp³-hybridized carbons (Fsp3) is 0.167. The molecule has 418 valence electrons. The van der Waals surface area contributed by atoms with Crippen molar-refractivity contribution in [1.82, 2.24) is 0 Å². The molecule has 84 heavy (non-hydrogen) atoms. The summed E-state index contributed by atoms with van der Waals surface area (Å²) in [5, 5.41) is 5.21. The predicted octanol–water partition coefficient (Wildman–Crippen LogP) is 21.5. The van der Waals surface area contributed by atoms with Gasteiger partial charge in [-0.2, -0.15) is 26.3 Å². The van der Waals surface area contributed by atoms with E-state index in [-0.39, 0.29) is 9.40 Å². The summed E-state index contributed by atoms with van der Waals surface area (Å²) in [7, 11) is -3.52. The maximum absolute atomic E-state index is 14.9. The van der Waals surface area contributed by atoms with E-state index in [2.05, 4.69) is 196 Å². The van der Waals surface area contributed by atoms with Crippen molar-refractivity contribution in [3.63, 3.8) is 0 Å². The van der Waals surface area contributed by atoms with Crippen LogP contribution in [0.2, 0.25) is 39.3 Å². The minimum atomic E-state index is -4.54. The smallest absolute Gasteiger partial charge is 0.309 e. The van der Waals surface area contributed by atoms with Crippen LogP contribution in [0.1, 0.15) is 58.4 Å². The van der Waals surface area contributed by atoms with Gasteiger partial charge in [0.05, 0.1) is 53.5 Å². The molecule has 0 fully saturated rings. The standard InChI is InChI=1S/C72H58F6N2S2Si2/c1-69(2)55-21-9-11-23-57(55)70(58-24-12-10-22-56(58)69)61-41-45(79(43-29-35-47(36-30-43)83(3,4)5)63-27-15-19-53-51-17-13-25-59(71(73,74)75)65(51)81-67(53)63)33-39-49(61)50-40-34-46(42-62(50)70)80(44-31-37-48(38-32-44)84(6,7)8)64-28-16-20-54-52-18-14-26-60(72(76,77)78)66(52)82-68(54)64/h9-42H,1-8H3. The highest BCUT2D eigenvalue weighted by Gasteiger charge is 2.54. The number of rotatable bonds is 8. The van der Waals surface area contributed by atoms with Crippen molar-refractivity contribution in [3.05, 3.63) is 251 Å². The molecule has 0 N–H and O–H groups in total. The molecular formula is C72H58F6N2S2Si2. The van der Waals surface area contributed by atoms with Crippen LogP contribution < -0.4 is 20.2 Å². The molecular weight excluding hydrogens is 1130 g/mol. The molecule has 0 saturated carbocycles. The molecule has 0 aliphatic heterocycles. The number of fused-ring (bicyclic) bond motifs is 15. The summed E-state index contributed by atoms with van der Waals surface area (Å²) in [6.07, 6.45) is -9.09. The zero-order valence-corrected chi connectivity index (χ0v) is 51.2. The normalized spacial score (nSPS) is 14.5. The Morgan fingerprint density at radius 1 is 0.345 bits per heavy atom. The number of anilines is 6. The number of hydrogen-bond donors (Lipinski definition) is 0. The summed E-state index contributed by atoms with van der Waals surface area (Å²) in [4.78, 5) is 4.46. The Morgan fingerprint density at radius 3 is 1.04 bits per heavy atom. The van der Waals surface area contributed by atoms with Crippen molar-refractivity contribution in [3.8, 4) is 11.1 Å². The van der Waals surface area contributed by atoms with Gasteiger partial charge in [-0.15, -0.1) is 22.7 Å². The van der Waals surface area contributed by atoms with Gasteiger partial charge in [-0.1, -0.05) is 197 Å². The van der Waals surface area contributed by atoms with Crippen LogP contribution >= 0.6 is 22.7 Å². The number of alkyl halides is 6. The van der Waals surface area contributed by atoms with Crippen molar-refractivity contribution >= 4 is 124 Å². The topological polar surface area (TPSA) is 6.48 Å². The summed E-state index contributed by atoms with van der Waals surface area (Å²) >= 11 is 2.37. The number of nitrogens with zero attached hydrogens (tertiary/aromatic N) is 2. The van der Waals surface area contributed by atoms with Crippen LogP contribution in [0, 0.1) is 0 Å². The van der Waals surface area contributed by atoms with Crippen molar-refractivity contribution < 1.29 is 26.3 Å². The molecule has 2 aliphatic carbocycles. The summed E-state index contributed by atoms with van der Waals surface area (Å²) in [6.45, 7) is 18.5. The quantitative estimate of drug-likeness (QED) is 0.111. The molecule has 0 amide bonds. The third-order valence-corrected chi connectivity index (χ3v) is 24.4. The van der Waals surface area contributed by atoms with Gasteiger partial charge in [0.2, 0.25) is 0 Å². The van der Waals surface area contributed by atoms with Crippen LogP contribution in [-0.4, -0.2) is 16.1 Å². The molecule has 0 bridgehead atoms. The first-order valence-corrected chi connectivity index (χ1v) is 36.9. The minimum absolute atomic E-state index is 0.203. The maximum atomic E-state index is 14.9. The van der Waals surface area contributed by atoms with E-state index in [1.54, 1.807) is 12.1 Å². The summed E-state index contributed by atoms with van der Waals surface area (Å²) in [5.41, 5.74) is 11.2. The highest BCUT2D eigenvalue weighted by Crippen LogP contribution is 2.64. The van der Waals surface area contributed by atoms with Gasteiger partial charge < -0.3 is 9.80 Å². The van der Waals surface area contributed by atoms with Gasteiger partial charge in [0.1, 0.15) is 0 Å². The Labute approximate surface area is 494 Å². The van der Waals surface area contributed by atoms with Gasteiger partial charge >= 0.3 is 12.4 Å². The molecule has 1 spiro atoms. The molecule has 10 aromatic carbocycles. The summed E-state index contributed by atoms with van der Waals surface area (Å²) < 4.78 is 91.0. The van der Waals surface area contributed by atoms with Gasteiger partial charge in [-0.3, -0.25) is 0 Å². The number of benzene rings is 10. The Morgan fingerprint density at radius 2 is 0.679 bits per heavy atom. The fourth-order valence-electron chi connectivity index (χ4n) is 13.6. The average molecular weight is 1190 g/mol. The minimum Gasteiger partial charge on any atom is -0.309 e. The molecule has 2 heterocycles. The monoisotopic (exact) mass is 1180 g/mol. The zero-order chi connectivity index (χ0) is 58.6. The average Bonchev–Trinajstić information content (AvgIpc) is 1.43. The van der Waals surface area contributed by atoms with Crippen LogP contribution in [0.3, 0.4) is 0 Å². The lowest BCUT2D eigenvalue weighted by molar-refractivity contribution is -0.137. The van der Waals surface area contributed by atoms with E-state index in [1.807, 2.05) is 36.4 Å². The molecule has 2 aliphatic rings. The van der Waals surface area contributed by atoms with E-state index in [9.17, 15) is 26.3 Å². The molecule has 0 radical (unpaired) electrons. The number of thiophene rings is 2. The van der Waals surface area contributed by atoms with Crippen LogP contribution in [0.25, 0.3) is 51.5 Å². The van der Waals surface area contributed by atoms with Gasteiger partial charge in [0, 0.05) is 59.1 Å². The Bertz CT molecular complexity index is 4360. The van der Waals surface area contributed by atoms with Crippen LogP contribution in [-0.2, 0) is 23.2 Å². The largest absolute Gasteiger partial charge is 0.417 e. The maximum Gasteiger partial charge on any atom is 0.417 e. The predicted molar refractivity (Wildman–Crippen MR) is 347 cm³/mol. The Kier molecular flexibility index (Phi) is 12.2. The Balaban J connectivity index is 1.05. The summed E-state index contributed by atoms with van der Waals surface area (Å²) in [6, 6.07) is 69.2.